The summed E-state index contributed by atoms with van der Waals surface area (Å²) in [6, 6.07) is 16.0. The van der Waals surface area contributed by atoms with Gasteiger partial charge in [0.15, 0.2) is 34.5 Å². The molecule has 0 aliphatic carbocycles. The zero-order chi connectivity index (χ0) is 24.2. The van der Waals surface area contributed by atoms with Gasteiger partial charge in [-0.15, -0.1) is 0 Å². The number of benzene rings is 3. The van der Waals surface area contributed by atoms with Crippen molar-refractivity contribution in [2.75, 3.05) is 42.7 Å². The first-order valence-electron chi connectivity index (χ1n) is 11.0. The van der Waals surface area contributed by atoms with Crippen LogP contribution in [0, 0.1) is 0 Å². The molecule has 1 aliphatic rings. The fourth-order valence-electron chi connectivity index (χ4n) is 4.54. The molecule has 180 valence electrons. The molecule has 7 heteroatoms. The minimum atomic E-state index is -0.110. The van der Waals surface area contributed by atoms with Gasteiger partial charge < -0.3 is 28.4 Å². The van der Waals surface area contributed by atoms with Gasteiger partial charge in [0.25, 0.3) is 0 Å². The van der Waals surface area contributed by atoms with Crippen LogP contribution in [0.1, 0.15) is 34.3 Å². The fraction of sp³-hybridized carbons (Fsp3) is 0.333. The Balaban J connectivity index is 1.83. The number of hydrogen-bond donors (Lipinski definition) is 1. The summed E-state index contributed by atoms with van der Waals surface area (Å²) in [6.45, 7) is 0. The summed E-state index contributed by atoms with van der Waals surface area (Å²) in [4.78, 5) is 0. The Labute approximate surface area is 200 Å². The predicted molar refractivity (Wildman–Crippen MR) is 130 cm³/mol. The summed E-state index contributed by atoms with van der Waals surface area (Å²) in [7, 11) is 9.87. The van der Waals surface area contributed by atoms with Crippen LogP contribution in [-0.2, 0) is 6.42 Å². The molecule has 0 fully saturated rings. The summed E-state index contributed by atoms with van der Waals surface area (Å²) < 4.78 is 33.2. The lowest BCUT2D eigenvalue weighted by Gasteiger charge is -2.35. The van der Waals surface area contributed by atoms with Gasteiger partial charge in [-0.2, -0.15) is 0 Å². The maximum Gasteiger partial charge on any atom is 0.161 e. The topological polar surface area (TPSA) is 67.4 Å². The van der Waals surface area contributed by atoms with Crippen LogP contribution >= 0.6 is 0 Å². The predicted octanol–water partition coefficient (Wildman–Crippen LogP) is 4.71. The molecular formula is C27H31NO6. The summed E-state index contributed by atoms with van der Waals surface area (Å²) in [5, 5.41) is 3.82. The van der Waals surface area contributed by atoms with Gasteiger partial charge >= 0.3 is 0 Å². The molecule has 0 unspecified atom stereocenters. The third-order valence-corrected chi connectivity index (χ3v) is 6.30. The van der Waals surface area contributed by atoms with E-state index < -0.39 is 0 Å². The normalized spacial score (nSPS) is 16.9. The van der Waals surface area contributed by atoms with E-state index in [-0.39, 0.29) is 12.1 Å². The molecule has 0 bridgehead atoms. The van der Waals surface area contributed by atoms with Crippen molar-refractivity contribution in [2.24, 2.45) is 0 Å². The van der Waals surface area contributed by atoms with Crippen LogP contribution in [0.15, 0.2) is 48.5 Å². The minimum absolute atomic E-state index is 0.0310. The van der Waals surface area contributed by atoms with Crippen molar-refractivity contribution in [3.63, 3.8) is 0 Å². The third kappa shape index (κ3) is 4.31. The average Bonchev–Trinajstić information content (AvgIpc) is 2.90. The van der Waals surface area contributed by atoms with E-state index in [1.807, 2.05) is 30.3 Å². The van der Waals surface area contributed by atoms with Crippen molar-refractivity contribution in [2.45, 2.75) is 18.5 Å². The van der Waals surface area contributed by atoms with Crippen LogP contribution in [0.25, 0.3) is 0 Å². The summed E-state index contributed by atoms with van der Waals surface area (Å²) in [5.41, 5.74) is 4.46. The molecule has 0 aromatic heterocycles. The van der Waals surface area contributed by atoms with Crippen LogP contribution in [0.3, 0.4) is 0 Å². The minimum Gasteiger partial charge on any atom is -0.493 e. The molecule has 0 radical (unpaired) electrons. The monoisotopic (exact) mass is 465 g/mol. The van der Waals surface area contributed by atoms with Crippen LogP contribution in [-0.4, -0.2) is 42.7 Å². The third-order valence-electron chi connectivity index (χ3n) is 6.30. The Kier molecular flexibility index (Phi) is 7.03. The Hall–Kier alpha value is -3.58. The molecular weight excluding hydrogens is 434 g/mol. The molecule has 0 spiro atoms. The molecule has 1 aliphatic heterocycles. The van der Waals surface area contributed by atoms with Gasteiger partial charge in [-0.05, 0) is 65.1 Å². The van der Waals surface area contributed by atoms with Crippen LogP contribution in [0.2, 0.25) is 0 Å². The van der Waals surface area contributed by atoms with E-state index in [1.165, 1.54) is 5.56 Å². The molecule has 3 aromatic carbocycles. The lowest BCUT2D eigenvalue weighted by Crippen LogP contribution is -2.34. The van der Waals surface area contributed by atoms with Crippen molar-refractivity contribution in [3.8, 4) is 34.5 Å². The first-order chi connectivity index (χ1) is 16.6. The van der Waals surface area contributed by atoms with Crippen molar-refractivity contribution in [3.05, 3.63) is 70.8 Å². The second kappa shape index (κ2) is 10.1. The van der Waals surface area contributed by atoms with Gasteiger partial charge in [-0.3, -0.25) is 5.32 Å². The Morgan fingerprint density at radius 1 is 0.559 bits per heavy atom. The standard InChI is InChI=1S/C27H31NO6/c1-29-21-9-7-16(12-23(21)31-3)20-11-18-14-25(33-5)26(34-6)15-19(18)27(28-20)17-8-10-22(30-2)24(13-17)32-4/h7-10,12-15,20,27-28H,11H2,1-6H3/t20-,27-/m0/s1. The first-order valence-corrected chi connectivity index (χ1v) is 11.0. The molecule has 0 amide bonds. The highest BCUT2D eigenvalue weighted by molar-refractivity contribution is 5.54. The Morgan fingerprint density at radius 3 is 1.59 bits per heavy atom. The average molecular weight is 466 g/mol. The van der Waals surface area contributed by atoms with Crippen molar-refractivity contribution >= 4 is 0 Å². The molecule has 0 saturated carbocycles. The van der Waals surface area contributed by atoms with Gasteiger partial charge in [0, 0.05) is 6.04 Å². The Morgan fingerprint density at radius 2 is 1.03 bits per heavy atom. The van der Waals surface area contributed by atoms with Gasteiger partial charge in [0.2, 0.25) is 0 Å². The zero-order valence-electron chi connectivity index (χ0n) is 20.4. The number of fused-ring (bicyclic) bond motifs is 1. The van der Waals surface area contributed by atoms with Crippen LogP contribution < -0.4 is 33.7 Å². The SMILES string of the molecule is COc1ccc([C@@H]2N[C@H](c3ccc(OC)c(OC)c3)Cc3cc(OC)c(OC)cc32)cc1OC. The smallest absolute Gasteiger partial charge is 0.161 e. The molecule has 0 saturated heterocycles. The number of ether oxygens (including phenoxy) is 6. The maximum absolute atomic E-state index is 5.61. The molecule has 3 aromatic rings. The molecule has 1 N–H and O–H groups in total. The molecule has 1 heterocycles. The first kappa shape index (κ1) is 23.6. The summed E-state index contributed by atoms with van der Waals surface area (Å²) >= 11 is 0. The van der Waals surface area contributed by atoms with E-state index in [9.17, 15) is 0 Å². The van der Waals surface area contributed by atoms with E-state index in [2.05, 4.69) is 23.5 Å². The van der Waals surface area contributed by atoms with E-state index in [4.69, 9.17) is 28.4 Å². The number of methoxy groups -OCH3 is 6. The number of nitrogens with one attached hydrogen (secondary N) is 1. The molecule has 34 heavy (non-hydrogen) atoms. The summed E-state index contributed by atoms with van der Waals surface area (Å²) in [5.74, 6) is 4.16. The summed E-state index contributed by atoms with van der Waals surface area (Å²) in [6.07, 6.45) is 0.773. The zero-order valence-corrected chi connectivity index (χ0v) is 20.4. The van der Waals surface area contributed by atoms with Gasteiger partial charge in [0.1, 0.15) is 0 Å². The molecule has 4 rings (SSSR count). The van der Waals surface area contributed by atoms with Gasteiger partial charge in [-0.1, -0.05) is 12.1 Å². The maximum atomic E-state index is 5.61. The number of hydrogen-bond acceptors (Lipinski definition) is 7. The Bertz CT molecular complexity index is 1160. The van der Waals surface area contributed by atoms with Crippen molar-refractivity contribution in [1.82, 2.24) is 5.32 Å². The second-order valence-electron chi connectivity index (χ2n) is 7.99. The molecule has 2 atom stereocenters. The largest absolute Gasteiger partial charge is 0.493 e. The van der Waals surface area contributed by atoms with E-state index in [0.717, 1.165) is 23.1 Å². The highest BCUT2D eigenvalue weighted by Crippen LogP contribution is 2.43. The highest BCUT2D eigenvalue weighted by Gasteiger charge is 2.31. The quantitative estimate of drug-likeness (QED) is 0.517. The highest BCUT2D eigenvalue weighted by atomic mass is 16.5. The van der Waals surface area contributed by atoms with E-state index >= 15 is 0 Å². The van der Waals surface area contributed by atoms with E-state index in [1.54, 1.807) is 42.7 Å². The second-order valence-corrected chi connectivity index (χ2v) is 7.99. The van der Waals surface area contributed by atoms with Gasteiger partial charge in [0.05, 0.1) is 48.7 Å². The van der Waals surface area contributed by atoms with Crippen molar-refractivity contribution < 1.29 is 28.4 Å². The van der Waals surface area contributed by atoms with Crippen molar-refractivity contribution in [1.29, 1.82) is 0 Å². The van der Waals surface area contributed by atoms with Crippen LogP contribution in [0.4, 0.5) is 0 Å². The number of rotatable bonds is 8. The van der Waals surface area contributed by atoms with E-state index in [0.29, 0.717) is 34.5 Å². The lowest BCUT2D eigenvalue weighted by molar-refractivity contribution is 0.348. The fourth-order valence-corrected chi connectivity index (χ4v) is 4.54. The van der Waals surface area contributed by atoms with Gasteiger partial charge in [-0.25, -0.2) is 0 Å². The van der Waals surface area contributed by atoms with Crippen LogP contribution in [0.5, 0.6) is 34.5 Å². The molecule has 7 nitrogen and oxygen atoms in total. The lowest BCUT2D eigenvalue weighted by atomic mass is 9.84.